The molecule has 8 heteroatoms. The number of oxazole rings is 1. The Balaban J connectivity index is 1.32. The SMILES string of the molecule is Cc1ncc(-c2cc(O)c(-c3ccc(N4CC[C@H](NC5CCC5)C4)nn3)cc2F)o1. The van der Waals surface area contributed by atoms with E-state index >= 15 is 0 Å². The molecule has 1 aromatic carbocycles. The Morgan fingerprint density at radius 3 is 2.67 bits per heavy atom. The third-order valence-electron chi connectivity index (χ3n) is 5.99. The van der Waals surface area contributed by atoms with Crippen molar-refractivity contribution in [2.45, 2.75) is 44.7 Å². The van der Waals surface area contributed by atoms with Gasteiger partial charge in [-0.05, 0) is 43.5 Å². The van der Waals surface area contributed by atoms with Crippen molar-refractivity contribution in [3.05, 3.63) is 42.2 Å². The molecular weight excluding hydrogens is 385 g/mol. The third-order valence-corrected chi connectivity index (χ3v) is 5.99. The summed E-state index contributed by atoms with van der Waals surface area (Å²) in [5, 5.41) is 22.7. The Kier molecular flexibility index (Phi) is 4.86. The molecule has 5 rings (SSSR count). The minimum Gasteiger partial charge on any atom is -0.507 e. The third kappa shape index (κ3) is 3.63. The molecule has 156 valence electrons. The van der Waals surface area contributed by atoms with Crippen LogP contribution in [0.3, 0.4) is 0 Å². The second-order valence-corrected chi connectivity index (χ2v) is 8.10. The number of aryl methyl sites for hydroxylation is 1. The summed E-state index contributed by atoms with van der Waals surface area (Å²) in [6.45, 7) is 3.53. The van der Waals surface area contributed by atoms with E-state index in [1.165, 1.54) is 37.6 Å². The number of aromatic nitrogens is 3. The molecule has 2 aromatic heterocycles. The van der Waals surface area contributed by atoms with E-state index in [1.54, 1.807) is 13.0 Å². The Bertz CT molecular complexity index is 1050. The molecule has 30 heavy (non-hydrogen) atoms. The van der Waals surface area contributed by atoms with Gasteiger partial charge < -0.3 is 19.7 Å². The van der Waals surface area contributed by atoms with Gasteiger partial charge in [0.15, 0.2) is 17.5 Å². The minimum atomic E-state index is -0.519. The molecule has 1 aliphatic carbocycles. The fraction of sp³-hybridized carbons (Fsp3) is 0.409. The van der Waals surface area contributed by atoms with Crippen molar-refractivity contribution < 1.29 is 13.9 Å². The largest absolute Gasteiger partial charge is 0.507 e. The normalized spacial score (nSPS) is 19.3. The van der Waals surface area contributed by atoms with Crippen molar-refractivity contribution in [2.24, 2.45) is 0 Å². The summed E-state index contributed by atoms with van der Waals surface area (Å²) in [6.07, 6.45) is 6.41. The molecule has 2 aliphatic rings. The van der Waals surface area contributed by atoms with Gasteiger partial charge in [0.2, 0.25) is 0 Å². The molecule has 0 unspecified atom stereocenters. The van der Waals surface area contributed by atoms with Crippen LogP contribution < -0.4 is 10.2 Å². The Morgan fingerprint density at radius 1 is 1.13 bits per heavy atom. The van der Waals surface area contributed by atoms with Gasteiger partial charge in [-0.1, -0.05) is 6.42 Å². The van der Waals surface area contributed by atoms with Crippen molar-refractivity contribution in [1.82, 2.24) is 20.5 Å². The van der Waals surface area contributed by atoms with E-state index in [0.717, 1.165) is 25.3 Å². The van der Waals surface area contributed by atoms with E-state index < -0.39 is 5.82 Å². The van der Waals surface area contributed by atoms with Crippen molar-refractivity contribution in [1.29, 1.82) is 0 Å². The number of nitrogens with zero attached hydrogens (tertiary/aromatic N) is 4. The molecule has 2 N–H and O–H groups in total. The van der Waals surface area contributed by atoms with Gasteiger partial charge in [0.05, 0.1) is 17.5 Å². The number of hydrogen-bond acceptors (Lipinski definition) is 7. The highest BCUT2D eigenvalue weighted by Gasteiger charge is 2.28. The molecule has 0 spiro atoms. The van der Waals surface area contributed by atoms with Crippen LogP contribution in [0, 0.1) is 12.7 Å². The first kappa shape index (κ1) is 19.0. The summed E-state index contributed by atoms with van der Waals surface area (Å²) in [5.41, 5.74) is 0.861. The topological polar surface area (TPSA) is 87.3 Å². The van der Waals surface area contributed by atoms with Crippen LogP contribution in [0.4, 0.5) is 10.2 Å². The van der Waals surface area contributed by atoms with Crippen LogP contribution in [-0.2, 0) is 0 Å². The number of anilines is 1. The molecule has 2 fully saturated rings. The van der Waals surface area contributed by atoms with Crippen molar-refractivity contribution in [2.75, 3.05) is 18.0 Å². The standard InChI is InChI=1S/C22H24FN5O2/c1-13-24-11-21(30-13)16-10-20(29)17(9-18(16)23)19-5-6-22(27-26-19)28-8-7-15(12-28)25-14-3-2-4-14/h5-6,9-11,14-15,25,29H,2-4,7-8,12H2,1H3/t15-/m0/s1. The number of aromatic hydroxyl groups is 1. The molecule has 1 aliphatic heterocycles. The number of phenolic OH excluding ortho intramolecular Hbond substituents is 1. The number of rotatable bonds is 5. The van der Waals surface area contributed by atoms with E-state index in [9.17, 15) is 9.50 Å². The zero-order chi connectivity index (χ0) is 20.7. The molecule has 1 saturated heterocycles. The van der Waals surface area contributed by atoms with Crippen LogP contribution in [0.25, 0.3) is 22.6 Å². The van der Waals surface area contributed by atoms with Crippen LogP contribution in [0.2, 0.25) is 0 Å². The average molecular weight is 409 g/mol. The van der Waals surface area contributed by atoms with Crippen molar-refractivity contribution >= 4 is 5.82 Å². The number of halogens is 1. The summed E-state index contributed by atoms with van der Waals surface area (Å²) < 4.78 is 20.0. The van der Waals surface area contributed by atoms with E-state index in [1.807, 2.05) is 6.07 Å². The van der Waals surface area contributed by atoms with Gasteiger partial charge in [-0.3, -0.25) is 0 Å². The van der Waals surface area contributed by atoms with Crippen LogP contribution in [0.15, 0.2) is 34.9 Å². The molecule has 0 amide bonds. The van der Waals surface area contributed by atoms with Gasteiger partial charge in [-0.15, -0.1) is 10.2 Å². The zero-order valence-electron chi connectivity index (χ0n) is 16.8. The predicted molar refractivity (Wildman–Crippen MR) is 111 cm³/mol. The average Bonchev–Trinajstić information content (AvgIpc) is 3.35. The van der Waals surface area contributed by atoms with E-state index in [-0.39, 0.29) is 22.6 Å². The molecule has 1 atom stereocenters. The molecule has 3 aromatic rings. The van der Waals surface area contributed by atoms with Crippen LogP contribution in [0.1, 0.15) is 31.6 Å². The van der Waals surface area contributed by atoms with E-state index in [0.29, 0.717) is 23.7 Å². The Morgan fingerprint density at radius 2 is 2.00 bits per heavy atom. The molecule has 3 heterocycles. The monoisotopic (exact) mass is 409 g/mol. The molecular formula is C22H24FN5O2. The lowest BCUT2D eigenvalue weighted by Crippen LogP contribution is -2.43. The summed E-state index contributed by atoms with van der Waals surface area (Å²) in [6, 6.07) is 7.38. The smallest absolute Gasteiger partial charge is 0.191 e. The second-order valence-electron chi connectivity index (χ2n) is 8.10. The summed E-state index contributed by atoms with van der Waals surface area (Å²) in [5.74, 6) is 0.891. The molecule has 1 saturated carbocycles. The van der Waals surface area contributed by atoms with Gasteiger partial charge in [-0.25, -0.2) is 9.37 Å². The zero-order valence-corrected chi connectivity index (χ0v) is 16.8. The first-order valence-electron chi connectivity index (χ1n) is 10.4. The van der Waals surface area contributed by atoms with Crippen LogP contribution >= 0.6 is 0 Å². The van der Waals surface area contributed by atoms with Gasteiger partial charge in [0, 0.05) is 37.7 Å². The highest BCUT2D eigenvalue weighted by atomic mass is 19.1. The lowest BCUT2D eigenvalue weighted by molar-refractivity contribution is 0.311. The van der Waals surface area contributed by atoms with E-state index in [2.05, 4.69) is 25.4 Å². The maximum Gasteiger partial charge on any atom is 0.191 e. The number of hydrogen-bond donors (Lipinski definition) is 2. The highest BCUT2D eigenvalue weighted by Crippen LogP contribution is 2.35. The van der Waals surface area contributed by atoms with Gasteiger partial charge in [0.25, 0.3) is 0 Å². The van der Waals surface area contributed by atoms with Crippen LogP contribution in [-0.4, -0.2) is 45.5 Å². The fourth-order valence-electron chi connectivity index (χ4n) is 4.09. The maximum absolute atomic E-state index is 14.7. The first-order chi connectivity index (χ1) is 14.6. The van der Waals surface area contributed by atoms with Crippen LogP contribution in [0.5, 0.6) is 5.75 Å². The highest BCUT2D eigenvalue weighted by molar-refractivity contribution is 5.73. The summed E-state index contributed by atoms with van der Waals surface area (Å²) in [7, 11) is 0. The van der Waals surface area contributed by atoms with Gasteiger partial charge in [-0.2, -0.15) is 0 Å². The molecule has 7 nitrogen and oxygen atoms in total. The molecule has 0 radical (unpaired) electrons. The summed E-state index contributed by atoms with van der Waals surface area (Å²) in [4.78, 5) is 6.19. The first-order valence-corrected chi connectivity index (χ1v) is 10.4. The number of benzene rings is 1. The Hall–Kier alpha value is -3.00. The minimum absolute atomic E-state index is 0.0894. The second kappa shape index (κ2) is 7.68. The number of phenols is 1. The quantitative estimate of drug-likeness (QED) is 0.665. The fourth-order valence-corrected chi connectivity index (χ4v) is 4.09. The van der Waals surface area contributed by atoms with Crippen molar-refractivity contribution in [3.63, 3.8) is 0 Å². The molecule has 0 bridgehead atoms. The van der Waals surface area contributed by atoms with E-state index in [4.69, 9.17) is 4.42 Å². The predicted octanol–water partition coefficient (Wildman–Crippen LogP) is 3.67. The lowest BCUT2D eigenvalue weighted by Gasteiger charge is -2.29. The van der Waals surface area contributed by atoms with Gasteiger partial charge >= 0.3 is 0 Å². The maximum atomic E-state index is 14.7. The Labute approximate surface area is 174 Å². The van der Waals surface area contributed by atoms with Gasteiger partial charge in [0.1, 0.15) is 11.6 Å². The number of nitrogens with one attached hydrogen (secondary N) is 1. The van der Waals surface area contributed by atoms with Crippen molar-refractivity contribution in [3.8, 4) is 28.3 Å². The summed E-state index contributed by atoms with van der Waals surface area (Å²) >= 11 is 0. The lowest BCUT2D eigenvalue weighted by atomic mass is 9.92.